The average Bonchev–Trinajstić information content (AvgIpc) is 3.25. The molecule has 0 saturated heterocycles. The van der Waals surface area contributed by atoms with Crippen LogP contribution in [0.15, 0.2) is 57.4 Å². The van der Waals surface area contributed by atoms with Gasteiger partial charge in [0.2, 0.25) is 5.91 Å². The fourth-order valence-corrected chi connectivity index (χ4v) is 4.68. The minimum absolute atomic E-state index is 0.186. The van der Waals surface area contributed by atoms with E-state index in [1.807, 2.05) is 58.0 Å². The Bertz CT molecular complexity index is 1460. The van der Waals surface area contributed by atoms with Gasteiger partial charge in [0.1, 0.15) is 11.2 Å². The molecule has 0 radical (unpaired) electrons. The number of amides is 1. The highest BCUT2D eigenvalue weighted by atomic mass is 32.1. The van der Waals surface area contributed by atoms with Crippen LogP contribution in [-0.2, 0) is 17.8 Å². The number of fused-ring (bicyclic) bond motifs is 1. The van der Waals surface area contributed by atoms with Gasteiger partial charge in [-0.2, -0.15) is 0 Å². The Morgan fingerprint density at radius 3 is 2.50 bits per heavy atom. The molecule has 7 heteroatoms. The molecular formula is C25H25N3O3S. The molecule has 1 N–H and O–H groups in total. The highest BCUT2D eigenvalue weighted by molar-refractivity contribution is 7.17. The number of carbonyl (C=O) groups is 1. The van der Waals surface area contributed by atoms with Crippen molar-refractivity contribution in [2.24, 2.45) is 0 Å². The number of para-hydroxylation sites is 1. The van der Waals surface area contributed by atoms with Gasteiger partial charge in [0, 0.05) is 5.69 Å². The number of rotatable bonds is 5. The van der Waals surface area contributed by atoms with Gasteiger partial charge in [-0.05, 0) is 73.0 Å². The second-order valence-corrected chi connectivity index (χ2v) is 8.84. The first-order valence-corrected chi connectivity index (χ1v) is 11.4. The van der Waals surface area contributed by atoms with E-state index in [4.69, 9.17) is 0 Å². The van der Waals surface area contributed by atoms with E-state index < -0.39 is 5.69 Å². The van der Waals surface area contributed by atoms with Crippen LogP contribution in [0.4, 0.5) is 5.69 Å². The molecule has 0 aliphatic rings. The Morgan fingerprint density at radius 2 is 1.78 bits per heavy atom. The Balaban J connectivity index is 1.81. The lowest BCUT2D eigenvalue weighted by molar-refractivity contribution is -0.116. The predicted octanol–water partition coefficient (Wildman–Crippen LogP) is 4.34. The summed E-state index contributed by atoms with van der Waals surface area (Å²) in [6.07, 6.45) is 0.781. The number of nitrogens with zero attached hydrogens (tertiary/aromatic N) is 2. The fraction of sp³-hybridized carbons (Fsp3) is 0.240. The zero-order valence-corrected chi connectivity index (χ0v) is 19.4. The van der Waals surface area contributed by atoms with E-state index in [9.17, 15) is 14.4 Å². The van der Waals surface area contributed by atoms with E-state index in [0.29, 0.717) is 15.9 Å². The molecule has 0 saturated carbocycles. The number of thiophene rings is 1. The van der Waals surface area contributed by atoms with Gasteiger partial charge < -0.3 is 5.32 Å². The first-order valence-electron chi connectivity index (χ1n) is 10.5. The summed E-state index contributed by atoms with van der Waals surface area (Å²) in [6, 6.07) is 13.1. The maximum absolute atomic E-state index is 13.4. The van der Waals surface area contributed by atoms with Crippen LogP contribution in [0, 0.1) is 20.8 Å². The van der Waals surface area contributed by atoms with E-state index in [0.717, 1.165) is 38.9 Å². The maximum Gasteiger partial charge on any atom is 0.336 e. The number of benzene rings is 2. The SMILES string of the molecule is CCc1cccc(C)c1NC(=O)Cn1c(=O)n(-c2ccc(C)c(C)c2)c(=O)c2sccc21. The number of hydrogen-bond acceptors (Lipinski definition) is 4. The van der Waals surface area contributed by atoms with E-state index in [1.165, 1.54) is 15.9 Å². The van der Waals surface area contributed by atoms with Crippen molar-refractivity contribution in [3.63, 3.8) is 0 Å². The predicted molar refractivity (Wildman–Crippen MR) is 130 cm³/mol. The molecule has 2 heterocycles. The van der Waals surface area contributed by atoms with Crippen LogP contribution in [-0.4, -0.2) is 15.0 Å². The van der Waals surface area contributed by atoms with E-state index >= 15 is 0 Å². The van der Waals surface area contributed by atoms with E-state index in [-0.39, 0.29) is 18.0 Å². The molecule has 2 aromatic heterocycles. The summed E-state index contributed by atoms with van der Waals surface area (Å²) < 4.78 is 2.98. The third-order valence-electron chi connectivity index (χ3n) is 5.81. The van der Waals surface area contributed by atoms with E-state index in [2.05, 4.69) is 5.32 Å². The number of nitrogens with one attached hydrogen (secondary N) is 1. The van der Waals surface area contributed by atoms with Gasteiger partial charge in [0.05, 0.1) is 11.2 Å². The largest absolute Gasteiger partial charge is 0.336 e. The molecule has 0 bridgehead atoms. The lowest BCUT2D eigenvalue weighted by Crippen LogP contribution is -2.40. The molecule has 0 atom stereocenters. The van der Waals surface area contributed by atoms with Gasteiger partial charge in [-0.3, -0.25) is 14.2 Å². The summed E-state index contributed by atoms with van der Waals surface area (Å²) in [5.74, 6) is -0.311. The van der Waals surface area contributed by atoms with Crippen LogP contribution in [0.3, 0.4) is 0 Å². The summed E-state index contributed by atoms with van der Waals surface area (Å²) in [5, 5.41) is 4.74. The Morgan fingerprint density at radius 1 is 1.00 bits per heavy atom. The first kappa shape index (κ1) is 21.8. The Kier molecular flexibility index (Phi) is 5.84. The molecule has 0 spiro atoms. The van der Waals surface area contributed by atoms with Gasteiger partial charge in [-0.15, -0.1) is 11.3 Å². The molecule has 164 valence electrons. The number of aryl methyl sites for hydroxylation is 4. The molecule has 2 aromatic carbocycles. The highest BCUT2D eigenvalue weighted by Gasteiger charge is 2.18. The summed E-state index contributed by atoms with van der Waals surface area (Å²) in [4.78, 5) is 39.5. The van der Waals surface area contributed by atoms with Crippen molar-refractivity contribution in [1.29, 1.82) is 0 Å². The minimum atomic E-state index is -0.528. The van der Waals surface area contributed by atoms with Crippen LogP contribution in [0.2, 0.25) is 0 Å². The normalized spacial score (nSPS) is 11.1. The van der Waals surface area contributed by atoms with Crippen molar-refractivity contribution in [3.05, 3.63) is 90.9 Å². The van der Waals surface area contributed by atoms with Crippen molar-refractivity contribution in [2.75, 3.05) is 5.32 Å². The lowest BCUT2D eigenvalue weighted by Gasteiger charge is -2.15. The second kappa shape index (κ2) is 8.59. The zero-order chi connectivity index (χ0) is 23.0. The molecule has 0 fully saturated rings. The highest BCUT2D eigenvalue weighted by Crippen LogP contribution is 2.22. The fourth-order valence-electron chi connectivity index (χ4n) is 3.86. The summed E-state index contributed by atoms with van der Waals surface area (Å²) >= 11 is 1.27. The minimum Gasteiger partial charge on any atom is -0.324 e. The topological polar surface area (TPSA) is 73.1 Å². The zero-order valence-electron chi connectivity index (χ0n) is 18.6. The molecule has 32 heavy (non-hydrogen) atoms. The van der Waals surface area contributed by atoms with Crippen LogP contribution < -0.4 is 16.6 Å². The van der Waals surface area contributed by atoms with Gasteiger partial charge in [-0.1, -0.05) is 31.2 Å². The monoisotopic (exact) mass is 447 g/mol. The van der Waals surface area contributed by atoms with Gasteiger partial charge in [0.15, 0.2) is 0 Å². The summed E-state index contributed by atoms with van der Waals surface area (Å²) in [6.45, 7) is 7.70. The second-order valence-electron chi connectivity index (χ2n) is 7.92. The molecule has 4 aromatic rings. The number of hydrogen-bond donors (Lipinski definition) is 1. The van der Waals surface area contributed by atoms with Gasteiger partial charge in [-0.25, -0.2) is 9.36 Å². The van der Waals surface area contributed by atoms with Crippen molar-refractivity contribution >= 4 is 33.1 Å². The third-order valence-corrected chi connectivity index (χ3v) is 6.70. The summed E-state index contributed by atoms with van der Waals surface area (Å²) in [5.41, 5.74) is 4.90. The van der Waals surface area contributed by atoms with Crippen LogP contribution in [0.1, 0.15) is 29.2 Å². The van der Waals surface area contributed by atoms with Crippen molar-refractivity contribution in [2.45, 2.75) is 40.7 Å². The van der Waals surface area contributed by atoms with Crippen LogP contribution >= 0.6 is 11.3 Å². The van der Waals surface area contributed by atoms with Crippen LogP contribution in [0.25, 0.3) is 15.9 Å². The van der Waals surface area contributed by atoms with E-state index in [1.54, 1.807) is 17.5 Å². The molecule has 4 rings (SSSR count). The Hall–Kier alpha value is -3.45. The number of carbonyl (C=O) groups excluding carboxylic acids is 1. The quantitative estimate of drug-likeness (QED) is 0.495. The van der Waals surface area contributed by atoms with Crippen molar-refractivity contribution < 1.29 is 4.79 Å². The average molecular weight is 448 g/mol. The molecule has 0 aliphatic heterocycles. The third kappa shape index (κ3) is 3.80. The number of aromatic nitrogens is 2. The molecule has 0 unspecified atom stereocenters. The molecule has 6 nitrogen and oxygen atoms in total. The Labute approximate surface area is 189 Å². The molecule has 1 amide bonds. The maximum atomic E-state index is 13.4. The molecule has 0 aliphatic carbocycles. The van der Waals surface area contributed by atoms with Crippen LogP contribution in [0.5, 0.6) is 0 Å². The van der Waals surface area contributed by atoms with Crippen molar-refractivity contribution in [3.8, 4) is 5.69 Å². The number of anilines is 1. The standard InChI is InChI=1S/C25H25N3O3S/c1-5-18-8-6-7-16(3)22(18)26-21(29)14-27-20-11-12-32-23(20)24(30)28(25(27)31)19-10-9-15(2)17(4)13-19/h6-13H,5,14H2,1-4H3,(H,26,29). The van der Waals surface area contributed by atoms with Gasteiger partial charge >= 0.3 is 5.69 Å². The van der Waals surface area contributed by atoms with Crippen molar-refractivity contribution in [1.82, 2.24) is 9.13 Å². The lowest BCUT2D eigenvalue weighted by atomic mass is 10.1. The van der Waals surface area contributed by atoms with Gasteiger partial charge in [0.25, 0.3) is 5.56 Å². The summed E-state index contributed by atoms with van der Waals surface area (Å²) in [7, 11) is 0. The first-order chi connectivity index (χ1) is 15.3. The molecular weight excluding hydrogens is 422 g/mol. The smallest absolute Gasteiger partial charge is 0.324 e.